The minimum absolute atomic E-state index is 0. The second kappa shape index (κ2) is 17.7. The van der Waals surface area contributed by atoms with Gasteiger partial charge in [-0.05, 0) is 47.2 Å². The zero-order valence-corrected chi connectivity index (χ0v) is 25.9. The third-order valence-electron chi connectivity index (χ3n) is 4.85. The Kier molecular flexibility index (Phi) is 18.0. The average molecular weight is 918 g/mol. The van der Waals surface area contributed by atoms with Gasteiger partial charge in [-0.25, -0.2) is 0 Å². The fourth-order valence-corrected chi connectivity index (χ4v) is 3.25. The number of hydrogen-bond donors (Lipinski definition) is 0. The van der Waals surface area contributed by atoms with E-state index in [0.29, 0.717) is 0 Å². The summed E-state index contributed by atoms with van der Waals surface area (Å²) < 4.78 is 0. The van der Waals surface area contributed by atoms with E-state index < -0.39 is 0 Å². The van der Waals surface area contributed by atoms with Crippen molar-refractivity contribution < 1.29 is 91.8 Å². The Morgan fingerprint density at radius 2 is 0.806 bits per heavy atom. The van der Waals surface area contributed by atoms with Crippen molar-refractivity contribution in [2.75, 3.05) is 0 Å². The molecule has 5 rings (SSSR count). The molecular weight excluding hydrogens is 900 g/mol. The first-order chi connectivity index (χ1) is 14.8. The van der Waals surface area contributed by atoms with Gasteiger partial charge in [0.15, 0.2) is 0 Å². The maximum atomic E-state index is 4.53. The first kappa shape index (κ1) is 36.5. The summed E-state index contributed by atoms with van der Waals surface area (Å²) in [6.07, 6.45) is 7.30. The van der Waals surface area contributed by atoms with Crippen molar-refractivity contribution in [1.29, 1.82) is 0 Å². The van der Waals surface area contributed by atoms with E-state index in [1.807, 2.05) is 73.1 Å². The molecule has 0 atom stereocenters. The van der Waals surface area contributed by atoms with Crippen LogP contribution in [0, 0.1) is 0 Å². The van der Waals surface area contributed by atoms with Gasteiger partial charge in [-0.2, -0.15) is 0 Å². The van der Waals surface area contributed by atoms with Gasteiger partial charge in [-0.3, -0.25) is 20.0 Å². The Labute approximate surface area is 263 Å². The maximum Gasteiger partial charge on any atom is 2.00 e. The molecule has 0 radical (unpaired) electrons. The third-order valence-corrected chi connectivity index (χ3v) is 4.85. The summed E-state index contributed by atoms with van der Waals surface area (Å²) in [5.74, 6) is 0. The third kappa shape index (κ3) is 9.34. The zero-order chi connectivity index (χ0) is 20.2. The molecule has 0 saturated carbocycles. The number of benzene rings is 3. The van der Waals surface area contributed by atoms with Crippen LogP contribution in [0.3, 0.4) is 0 Å². The number of rotatable bonds is 4. The largest absolute Gasteiger partial charge is 2.00 e. The van der Waals surface area contributed by atoms with Crippen molar-refractivity contribution in [2.24, 2.45) is 9.98 Å². The second-order valence-corrected chi connectivity index (χ2v) is 6.95. The van der Waals surface area contributed by atoms with Crippen LogP contribution in [0.5, 0.6) is 0 Å². The van der Waals surface area contributed by atoms with Crippen LogP contribution in [0.25, 0.3) is 21.5 Å². The molecule has 5 aromatic rings. The van der Waals surface area contributed by atoms with Crippen LogP contribution in [0.2, 0.25) is 0 Å². The number of aromatic nitrogens is 2. The molecule has 4 nitrogen and oxygen atoms in total. The summed E-state index contributed by atoms with van der Waals surface area (Å²) in [6.45, 7) is 0. The first-order valence-corrected chi connectivity index (χ1v) is 9.71. The van der Waals surface area contributed by atoms with Crippen LogP contribution in [-0.4, -0.2) is 22.4 Å². The Morgan fingerprint density at radius 1 is 0.472 bits per heavy atom. The molecule has 2 heterocycles. The number of halogens is 4. The van der Waals surface area contributed by atoms with Crippen LogP contribution >= 0.6 is 0 Å². The molecule has 0 unspecified atom stereocenters. The van der Waals surface area contributed by atoms with Crippen molar-refractivity contribution in [3.63, 3.8) is 0 Å². The minimum atomic E-state index is 0. The van der Waals surface area contributed by atoms with Crippen molar-refractivity contribution in [2.45, 2.75) is 0 Å². The molecule has 0 amide bonds. The fraction of sp³-hybridized carbons (Fsp3) is 0. The summed E-state index contributed by atoms with van der Waals surface area (Å²) in [5, 5.41) is 4.55. The summed E-state index contributed by atoms with van der Waals surface area (Å²) in [6, 6.07) is 28.2. The zero-order valence-electron chi connectivity index (χ0n) is 18.3. The van der Waals surface area contributed by atoms with Gasteiger partial charge in [-0.15, -0.1) is 0 Å². The molecule has 10 heteroatoms. The van der Waals surface area contributed by atoms with E-state index in [1.54, 1.807) is 12.4 Å². The van der Waals surface area contributed by atoms with Gasteiger partial charge in [0.1, 0.15) is 0 Å². The molecule has 0 saturated heterocycles. The standard InChI is InChI=1S/C26H18N4.4ClH.2Pt/c1-3-7-21-15-27-25(13-19(21)5-1)17-29-23-9-11-24(12-10-23)30-18-26-14-20-6-2-4-8-22(20)16-28-26;;;;;;/h1-18H;4*1H;;/q;;;;;2*+2/p-4. The quantitative estimate of drug-likeness (QED) is 0.169. The monoisotopic (exact) mass is 916 g/mol. The number of hydrogen-bond acceptors (Lipinski definition) is 4. The molecular formula is C26H18Cl4N4Pt2. The molecule has 0 fully saturated rings. The summed E-state index contributed by atoms with van der Waals surface area (Å²) in [5.41, 5.74) is 3.37. The van der Waals surface area contributed by atoms with Crippen LogP contribution in [0.4, 0.5) is 11.4 Å². The van der Waals surface area contributed by atoms with Crippen LogP contribution in [-0.2, 0) is 42.1 Å². The van der Waals surface area contributed by atoms with E-state index >= 15 is 0 Å². The Hall–Kier alpha value is -1.64. The first-order valence-electron chi connectivity index (χ1n) is 9.71. The molecule has 3 aromatic carbocycles. The van der Waals surface area contributed by atoms with Crippen LogP contribution in [0.15, 0.2) is 107 Å². The van der Waals surface area contributed by atoms with Crippen molar-refractivity contribution >= 4 is 45.3 Å². The molecule has 0 bridgehead atoms. The van der Waals surface area contributed by atoms with Gasteiger partial charge < -0.3 is 49.6 Å². The molecule has 2 aromatic heterocycles. The molecule has 0 N–H and O–H groups in total. The van der Waals surface area contributed by atoms with E-state index in [-0.39, 0.29) is 91.8 Å². The van der Waals surface area contributed by atoms with Gasteiger partial charge in [0, 0.05) is 23.2 Å². The SMILES string of the molecule is C(=Nc1ccc(N=Cc2cc3ccccc3cn2)cc1)c1cc2ccccc2cn1.[Cl-].[Cl-].[Cl-].[Cl-].[Pt+2].[Pt+2]. The molecule has 36 heavy (non-hydrogen) atoms. The van der Waals surface area contributed by atoms with E-state index in [0.717, 1.165) is 44.3 Å². The summed E-state index contributed by atoms with van der Waals surface area (Å²) in [4.78, 5) is 17.9. The van der Waals surface area contributed by atoms with Gasteiger partial charge in [0.25, 0.3) is 0 Å². The number of pyridine rings is 2. The number of fused-ring (bicyclic) bond motifs is 2. The van der Waals surface area contributed by atoms with Crippen LogP contribution < -0.4 is 49.6 Å². The molecule has 0 aliphatic rings. The Balaban J connectivity index is 0. The predicted molar refractivity (Wildman–Crippen MR) is 124 cm³/mol. The topological polar surface area (TPSA) is 50.5 Å². The molecule has 0 aliphatic carbocycles. The smallest absolute Gasteiger partial charge is 1.00 e. The van der Waals surface area contributed by atoms with Gasteiger partial charge in [-0.1, -0.05) is 48.5 Å². The maximum absolute atomic E-state index is 4.53. The van der Waals surface area contributed by atoms with Gasteiger partial charge >= 0.3 is 42.1 Å². The molecule has 190 valence electrons. The summed E-state index contributed by atoms with van der Waals surface area (Å²) in [7, 11) is 0. The van der Waals surface area contributed by atoms with Crippen molar-refractivity contribution in [1.82, 2.24) is 9.97 Å². The van der Waals surface area contributed by atoms with Crippen molar-refractivity contribution in [3.8, 4) is 0 Å². The minimum Gasteiger partial charge on any atom is -1.00 e. The van der Waals surface area contributed by atoms with E-state index in [9.17, 15) is 0 Å². The van der Waals surface area contributed by atoms with Crippen molar-refractivity contribution in [3.05, 3.63) is 109 Å². The number of aliphatic imine (C=N–C) groups is 2. The Bertz CT molecular complexity index is 1310. The summed E-state index contributed by atoms with van der Waals surface area (Å²) >= 11 is 0. The normalized spacial score (nSPS) is 9.78. The molecule has 0 aliphatic heterocycles. The second-order valence-electron chi connectivity index (χ2n) is 6.95. The fourth-order valence-electron chi connectivity index (χ4n) is 3.25. The van der Waals surface area contributed by atoms with E-state index in [4.69, 9.17) is 0 Å². The average Bonchev–Trinajstić information content (AvgIpc) is 2.82. The molecule has 0 spiro atoms. The predicted octanol–water partition coefficient (Wildman–Crippen LogP) is -5.70. The van der Waals surface area contributed by atoms with E-state index in [2.05, 4.69) is 44.2 Å². The van der Waals surface area contributed by atoms with E-state index in [1.165, 1.54) is 0 Å². The van der Waals surface area contributed by atoms with Gasteiger partial charge in [0.2, 0.25) is 0 Å². The number of nitrogens with zero attached hydrogens (tertiary/aromatic N) is 4. The van der Waals surface area contributed by atoms with Crippen LogP contribution in [0.1, 0.15) is 11.4 Å². The Morgan fingerprint density at radius 3 is 1.17 bits per heavy atom. The van der Waals surface area contributed by atoms with Gasteiger partial charge in [0.05, 0.1) is 35.2 Å².